The number of carbonyl (C=O) groups excluding carboxylic acids is 1. The number of nitrogens with zero attached hydrogens (tertiary/aromatic N) is 3. The van der Waals surface area contributed by atoms with Crippen molar-refractivity contribution in [1.29, 1.82) is 0 Å². The van der Waals surface area contributed by atoms with Crippen LogP contribution in [0.2, 0.25) is 0 Å². The van der Waals surface area contributed by atoms with E-state index in [9.17, 15) is 4.79 Å². The molecule has 1 rings (SSSR count). The van der Waals surface area contributed by atoms with Crippen molar-refractivity contribution in [3.8, 4) is 0 Å². The fraction of sp³-hybridized carbons (Fsp3) is 0.875. The molecule has 0 unspecified atom stereocenters. The first-order valence-corrected chi connectivity index (χ1v) is 4.35. The van der Waals surface area contributed by atoms with Gasteiger partial charge in [0.05, 0.1) is 6.04 Å². The first-order valence-electron chi connectivity index (χ1n) is 4.35. The van der Waals surface area contributed by atoms with Gasteiger partial charge in [0.25, 0.3) is 0 Å². The topological polar surface area (TPSA) is 84.3 Å². The number of carbonyl (C=O) groups is 1. The molecule has 1 aliphatic rings. The maximum Gasteiger partial charge on any atom is 0.164 e. The molecule has 0 aliphatic carbocycles. The van der Waals surface area contributed by atoms with Gasteiger partial charge in [-0.05, 0) is 19.4 Å². The smallest absolute Gasteiger partial charge is 0.164 e. The van der Waals surface area contributed by atoms with E-state index in [1.165, 1.54) is 0 Å². The summed E-state index contributed by atoms with van der Waals surface area (Å²) in [5, 5.41) is 3.49. The lowest BCUT2D eigenvalue weighted by molar-refractivity contribution is -0.150. The van der Waals surface area contributed by atoms with Crippen molar-refractivity contribution in [2.24, 2.45) is 5.11 Å². The number of hydrogen-bond donors (Lipinski definition) is 0. The molecule has 1 heterocycles. The Bertz CT molecular complexity index is 273. The molecule has 0 bridgehead atoms. The molecule has 0 amide bonds. The normalized spacial score (nSPS) is 31.9. The van der Waals surface area contributed by atoms with Crippen molar-refractivity contribution in [3.63, 3.8) is 0 Å². The van der Waals surface area contributed by atoms with Gasteiger partial charge < -0.3 is 14.3 Å². The predicted octanol–water partition coefficient (Wildman–Crippen LogP) is 1.40. The number of ether oxygens (including phenoxy) is 2. The van der Waals surface area contributed by atoms with Gasteiger partial charge in [0.2, 0.25) is 0 Å². The molecule has 0 spiro atoms. The number of hydrogen-bond acceptors (Lipinski definition) is 4. The van der Waals surface area contributed by atoms with Crippen molar-refractivity contribution in [3.05, 3.63) is 10.4 Å². The van der Waals surface area contributed by atoms with E-state index in [-0.39, 0.29) is 0 Å². The third kappa shape index (κ3) is 2.23. The summed E-state index contributed by atoms with van der Waals surface area (Å²) in [5.41, 5.74) is 8.26. The molecule has 14 heavy (non-hydrogen) atoms. The highest BCUT2D eigenvalue weighted by Crippen LogP contribution is 2.29. The Kier molecular flexibility index (Phi) is 3.10. The summed E-state index contributed by atoms with van der Waals surface area (Å²) in [7, 11) is 0. The monoisotopic (exact) mass is 199 g/mol. The molecule has 3 atom stereocenters. The minimum atomic E-state index is -0.796. The van der Waals surface area contributed by atoms with Gasteiger partial charge in [0.15, 0.2) is 12.1 Å². The first-order chi connectivity index (χ1) is 6.50. The summed E-state index contributed by atoms with van der Waals surface area (Å²) in [5.74, 6) is -0.796. The van der Waals surface area contributed by atoms with Crippen molar-refractivity contribution in [1.82, 2.24) is 0 Å². The molecule has 1 aliphatic heterocycles. The van der Waals surface area contributed by atoms with Crippen LogP contribution in [0.15, 0.2) is 5.11 Å². The van der Waals surface area contributed by atoms with Crippen molar-refractivity contribution < 1.29 is 14.3 Å². The molecule has 0 saturated carbocycles. The quantitative estimate of drug-likeness (QED) is 0.298. The maximum atomic E-state index is 10.7. The van der Waals surface area contributed by atoms with E-state index in [2.05, 4.69) is 10.0 Å². The zero-order valence-corrected chi connectivity index (χ0v) is 8.38. The van der Waals surface area contributed by atoms with Crippen LogP contribution in [0.4, 0.5) is 0 Å². The van der Waals surface area contributed by atoms with Crippen molar-refractivity contribution in [2.75, 3.05) is 0 Å². The molecule has 6 heteroatoms. The molecule has 1 saturated heterocycles. The van der Waals surface area contributed by atoms with Gasteiger partial charge in [-0.3, -0.25) is 0 Å². The first kappa shape index (κ1) is 11.0. The fourth-order valence-electron chi connectivity index (χ4n) is 1.44. The Morgan fingerprint density at radius 3 is 2.71 bits per heavy atom. The largest absolute Gasteiger partial charge is 0.344 e. The minimum Gasteiger partial charge on any atom is -0.344 e. The Morgan fingerprint density at radius 1 is 1.57 bits per heavy atom. The molecule has 0 radical (unpaired) electrons. The van der Waals surface area contributed by atoms with Gasteiger partial charge >= 0.3 is 0 Å². The molecular formula is C8H13N3O3. The van der Waals surface area contributed by atoms with Gasteiger partial charge in [0.1, 0.15) is 12.2 Å². The zero-order chi connectivity index (χ0) is 10.8. The van der Waals surface area contributed by atoms with Gasteiger partial charge in [-0.25, -0.2) is 0 Å². The molecule has 0 aromatic rings. The highest BCUT2D eigenvalue weighted by atomic mass is 16.8. The zero-order valence-electron chi connectivity index (χ0n) is 8.38. The van der Waals surface area contributed by atoms with Crippen LogP contribution >= 0.6 is 0 Å². The third-order valence-electron chi connectivity index (χ3n) is 2.01. The molecule has 0 aromatic heterocycles. The standard InChI is InChI=1S/C8H13N3O3/c1-5(10-11-9)7-6(4-12)13-8(2,3)14-7/h4-7H,1-3H3/t5-,6+,7+/m1/s1. The molecule has 0 aromatic carbocycles. The average Bonchev–Trinajstić information content (AvgIpc) is 2.41. The minimum absolute atomic E-state index is 0.419. The van der Waals surface area contributed by atoms with Crippen LogP contribution in [-0.2, 0) is 14.3 Å². The van der Waals surface area contributed by atoms with E-state index in [0.29, 0.717) is 6.29 Å². The van der Waals surface area contributed by atoms with Crippen molar-refractivity contribution in [2.45, 2.75) is 44.8 Å². The van der Waals surface area contributed by atoms with Crippen LogP contribution in [-0.4, -0.2) is 30.3 Å². The average molecular weight is 199 g/mol. The molecule has 0 N–H and O–H groups in total. The summed E-state index contributed by atoms with van der Waals surface area (Å²) in [6, 6.07) is -0.419. The Labute approximate surface area is 81.8 Å². The van der Waals surface area contributed by atoms with E-state index in [1.54, 1.807) is 20.8 Å². The second-order valence-corrected chi connectivity index (χ2v) is 3.65. The van der Waals surface area contributed by atoms with Gasteiger partial charge in [-0.2, -0.15) is 0 Å². The Morgan fingerprint density at radius 2 is 2.21 bits per heavy atom. The highest BCUT2D eigenvalue weighted by Gasteiger charge is 2.43. The second-order valence-electron chi connectivity index (χ2n) is 3.65. The summed E-state index contributed by atoms with van der Waals surface area (Å²) in [4.78, 5) is 13.3. The van der Waals surface area contributed by atoms with E-state index in [4.69, 9.17) is 15.0 Å². The lowest BCUT2D eigenvalue weighted by atomic mass is 10.1. The summed E-state index contributed by atoms with van der Waals surface area (Å²) >= 11 is 0. The van der Waals surface area contributed by atoms with Crippen LogP contribution in [0.1, 0.15) is 20.8 Å². The second kappa shape index (κ2) is 3.96. The third-order valence-corrected chi connectivity index (χ3v) is 2.01. The van der Waals surface area contributed by atoms with Gasteiger partial charge in [0, 0.05) is 4.91 Å². The maximum absolute atomic E-state index is 10.7. The van der Waals surface area contributed by atoms with Gasteiger partial charge in [-0.1, -0.05) is 12.0 Å². The van der Waals surface area contributed by atoms with Gasteiger partial charge in [-0.15, -0.1) is 0 Å². The summed E-state index contributed by atoms with van der Waals surface area (Å²) in [6.45, 7) is 5.12. The fourth-order valence-corrected chi connectivity index (χ4v) is 1.44. The SMILES string of the molecule is C[C@@H](N=[N+]=[N-])[C@@H]1OC(C)(C)O[C@H]1C=O. The lowest BCUT2D eigenvalue weighted by Gasteiger charge is -2.18. The van der Waals surface area contributed by atoms with E-state index in [1.807, 2.05) is 0 Å². The number of rotatable bonds is 3. The Balaban J connectivity index is 2.77. The molecule has 1 fully saturated rings. The van der Waals surface area contributed by atoms with E-state index < -0.39 is 24.0 Å². The number of azide groups is 1. The van der Waals surface area contributed by atoms with Crippen LogP contribution in [0, 0.1) is 0 Å². The summed E-state index contributed by atoms with van der Waals surface area (Å²) in [6.07, 6.45) is -0.494. The lowest BCUT2D eigenvalue weighted by Crippen LogP contribution is -2.32. The van der Waals surface area contributed by atoms with Crippen LogP contribution < -0.4 is 0 Å². The molecular weight excluding hydrogens is 186 g/mol. The summed E-state index contributed by atoms with van der Waals surface area (Å²) < 4.78 is 10.8. The van der Waals surface area contributed by atoms with Crippen LogP contribution in [0.3, 0.4) is 0 Å². The van der Waals surface area contributed by atoms with E-state index in [0.717, 1.165) is 0 Å². The molecule has 78 valence electrons. The Hall–Kier alpha value is -1.10. The van der Waals surface area contributed by atoms with Crippen molar-refractivity contribution >= 4 is 6.29 Å². The van der Waals surface area contributed by atoms with E-state index >= 15 is 0 Å². The van der Waals surface area contributed by atoms with Crippen LogP contribution in [0.5, 0.6) is 0 Å². The van der Waals surface area contributed by atoms with Crippen LogP contribution in [0.25, 0.3) is 10.4 Å². The highest BCUT2D eigenvalue weighted by molar-refractivity contribution is 5.58. The number of aldehydes is 1. The molecule has 6 nitrogen and oxygen atoms in total. The predicted molar refractivity (Wildman–Crippen MR) is 48.5 cm³/mol.